The van der Waals surface area contributed by atoms with Gasteiger partial charge < -0.3 is 10.2 Å². The number of pyridine rings is 1. The molecule has 0 atom stereocenters. The number of aryl methyl sites for hydroxylation is 1. The molecule has 0 unspecified atom stereocenters. The Balaban J connectivity index is 1.86. The predicted molar refractivity (Wildman–Crippen MR) is 94.7 cm³/mol. The van der Waals surface area contributed by atoms with E-state index in [1.807, 2.05) is 30.9 Å². The van der Waals surface area contributed by atoms with E-state index in [0.29, 0.717) is 5.56 Å². The second-order valence-corrected chi connectivity index (χ2v) is 5.42. The summed E-state index contributed by atoms with van der Waals surface area (Å²) < 4.78 is 0. The number of hydrogen-bond acceptors (Lipinski definition) is 3. The molecule has 2 aromatic rings. The molecule has 0 bridgehead atoms. The molecular weight excluding hydrogens is 286 g/mol. The lowest BCUT2D eigenvalue weighted by molar-refractivity contribution is 0.0773. The molecule has 1 amide bonds. The highest BCUT2D eigenvalue weighted by atomic mass is 16.2. The lowest BCUT2D eigenvalue weighted by Crippen LogP contribution is -2.30. The monoisotopic (exact) mass is 311 g/mol. The molecule has 0 saturated carbocycles. The molecule has 1 aromatic carbocycles. The van der Waals surface area contributed by atoms with Crippen LogP contribution in [0.1, 0.15) is 36.2 Å². The molecule has 1 aromatic heterocycles. The van der Waals surface area contributed by atoms with Crippen molar-refractivity contribution in [2.45, 2.75) is 26.7 Å². The van der Waals surface area contributed by atoms with E-state index < -0.39 is 0 Å². The first-order valence-corrected chi connectivity index (χ1v) is 8.27. The zero-order valence-electron chi connectivity index (χ0n) is 14.0. The quantitative estimate of drug-likeness (QED) is 0.758. The van der Waals surface area contributed by atoms with Crippen LogP contribution in [0.25, 0.3) is 0 Å². The highest BCUT2D eigenvalue weighted by Gasteiger charge is 2.12. The van der Waals surface area contributed by atoms with E-state index in [4.69, 9.17) is 0 Å². The summed E-state index contributed by atoms with van der Waals surface area (Å²) in [6.45, 7) is 6.26. The van der Waals surface area contributed by atoms with Crippen molar-refractivity contribution in [1.82, 2.24) is 9.88 Å². The molecule has 2 rings (SSSR count). The van der Waals surface area contributed by atoms with Gasteiger partial charge in [-0.1, -0.05) is 30.3 Å². The van der Waals surface area contributed by atoms with E-state index in [1.54, 1.807) is 12.3 Å². The van der Waals surface area contributed by atoms with E-state index in [-0.39, 0.29) is 5.91 Å². The molecule has 4 nitrogen and oxygen atoms in total. The Bertz CT molecular complexity index is 609. The lowest BCUT2D eigenvalue weighted by atomic mass is 10.1. The Kier molecular flexibility index (Phi) is 6.60. The van der Waals surface area contributed by atoms with Gasteiger partial charge in [-0.25, -0.2) is 4.98 Å². The van der Waals surface area contributed by atoms with Crippen LogP contribution in [-0.4, -0.2) is 35.4 Å². The van der Waals surface area contributed by atoms with Crippen LogP contribution in [0, 0.1) is 0 Å². The molecular formula is C19H25N3O. The van der Waals surface area contributed by atoms with Gasteiger partial charge in [-0.2, -0.15) is 0 Å². The number of hydrogen-bond donors (Lipinski definition) is 1. The van der Waals surface area contributed by atoms with Gasteiger partial charge in [0.05, 0.1) is 0 Å². The van der Waals surface area contributed by atoms with Gasteiger partial charge >= 0.3 is 0 Å². The minimum Gasteiger partial charge on any atom is -0.370 e. The largest absolute Gasteiger partial charge is 0.370 e. The SMILES string of the molecule is CCN(CC)C(=O)c1ccnc(NCCCc2ccccc2)c1. The summed E-state index contributed by atoms with van der Waals surface area (Å²) in [5.41, 5.74) is 2.03. The minimum absolute atomic E-state index is 0.0599. The van der Waals surface area contributed by atoms with Gasteiger partial charge in [0.25, 0.3) is 5.91 Å². The highest BCUT2D eigenvalue weighted by Crippen LogP contribution is 2.10. The van der Waals surface area contributed by atoms with Crippen molar-refractivity contribution in [3.05, 3.63) is 59.8 Å². The van der Waals surface area contributed by atoms with E-state index in [9.17, 15) is 4.79 Å². The summed E-state index contributed by atoms with van der Waals surface area (Å²) >= 11 is 0. The van der Waals surface area contributed by atoms with Crippen molar-refractivity contribution < 1.29 is 4.79 Å². The van der Waals surface area contributed by atoms with Crippen LogP contribution in [0.5, 0.6) is 0 Å². The third-order valence-electron chi connectivity index (χ3n) is 3.85. The number of carbonyl (C=O) groups excluding carboxylic acids is 1. The van der Waals surface area contributed by atoms with Gasteiger partial charge in [0, 0.05) is 31.4 Å². The summed E-state index contributed by atoms with van der Waals surface area (Å²) in [6.07, 6.45) is 3.75. The predicted octanol–water partition coefficient (Wildman–Crippen LogP) is 3.61. The first kappa shape index (κ1) is 17.0. The van der Waals surface area contributed by atoms with E-state index >= 15 is 0 Å². The maximum atomic E-state index is 12.3. The van der Waals surface area contributed by atoms with Gasteiger partial charge in [-0.15, -0.1) is 0 Å². The van der Waals surface area contributed by atoms with Crippen LogP contribution >= 0.6 is 0 Å². The zero-order valence-corrected chi connectivity index (χ0v) is 14.0. The Hall–Kier alpha value is -2.36. The van der Waals surface area contributed by atoms with Crippen LogP contribution in [0.3, 0.4) is 0 Å². The fourth-order valence-corrected chi connectivity index (χ4v) is 2.51. The van der Waals surface area contributed by atoms with Crippen molar-refractivity contribution in [3.8, 4) is 0 Å². The molecule has 1 N–H and O–H groups in total. The van der Waals surface area contributed by atoms with E-state index in [1.165, 1.54) is 5.56 Å². The summed E-state index contributed by atoms with van der Waals surface area (Å²) in [6, 6.07) is 14.0. The fourth-order valence-electron chi connectivity index (χ4n) is 2.51. The number of amides is 1. The maximum absolute atomic E-state index is 12.3. The molecule has 23 heavy (non-hydrogen) atoms. The summed E-state index contributed by atoms with van der Waals surface area (Å²) in [7, 11) is 0. The second kappa shape index (κ2) is 8.93. The standard InChI is InChI=1S/C19H25N3O/c1-3-22(4-2)19(23)17-12-14-21-18(15-17)20-13-8-11-16-9-6-5-7-10-16/h5-7,9-10,12,14-15H,3-4,8,11,13H2,1-2H3,(H,20,21). The molecule has 0 fully saturated rings. The summed E-state index contributed by atoms with van der Waals surface area (Å²) in [4.78, 5) is 18.5. The molecule has 0 aliphatic carbocycles. The van der Waals surface area contributed by atoms with Gasteiger partial charge in [-0.05, 0) is 44.4 Å². The van der Waals surface area contributed by atoms with Gasteiger partial charge in [0.15, 0.2) is 0 Å². The summed E-state index contributed by atoms with van der Waals surface area (Å²) in [5.74, 6) is 0.820. The number of rotatable bonds is 8. The normalized spacial score (nSPS) is 10.3. The number of carbonyl (C=O) groups is 1. The first-order chi connectivity index (χ1) is 11.2. The third kappa shape index (κ3) is 5.09. The summed E-state index contributed by atoms with van der Waals surface area (Å²) in [5, 5.41) is 3.30. The maximum Gasteiger partial charge on any atom is 0.254 e. The molecule has 1 heterocycles. The van der Waals surface area contributed by atoms with Crippen molar-refractivity contribution in [1.29, 1.82) is 0 Å². The molecule has 0 radical (unpaired) electrons. The number of nitrogens with one attached hydrogen (secondary N) is 1. The number of aromatic nitrogens is 1. The minimum atomic E-state index is 0.0599. The molecule has 122 valence electrons. The average Bonchev–Trinajstić information content (AvgIpc) is 2.61. The van der Waals surface area contributed by atoms with E-state index in [0.717, 1.165) is 38.3 Å². The van der Waals surface area contributed by atoms with Crippen molar-refractivity contribution >= 4 is 11.7 Å². The number of nitrogens with zero attached hydrogens (tertiary/aromatic N) is 2. The number of benzene rings is 1. The van der Waals surface area contributed by atoms with Crippen LogP contribution in [-0.2, 0) is 6.42 Å². The topological polar surface area (TPSA) is 45.2 Å². The molecule has 0 aliphatic heterocycles. The Morgan fingerprint density at radius 3 is 2.57 bits per heavy atom. The molecule has 0 saturated heterocycles. The van der Waals surface area contributed by atoms with Gasteiger partial charge in [0.2, 0.25) is 0 Å². The Labute approximate surface area is 138 Å². The highest BCUT2D eigenvalue weighted by molar-refractivity contribution is 5.94. The van der Waals surface area contributed by atoms with Crippen LogP contribution in [0.15, 0.2) is 48.7 Å². The van der Waals surface area contributed by atoms with Gasteiger partial charge in [-0.3, -0.25) is 4.79 Å². The van der Waals surface area contributed by atoms with Gasteiger partial charge in [0.1, 0.15) is 5.82 Å². The number of anilines is 1. The van der Waals surface area contributed by atoms with Crippen LogP contribution in [0.2, 0.25) is 0 Å². The van der Waals surface area contributed by atoms with E-state index in [2.05, 4.69) is 34.6 Å². The third-order valence-corrected chi connectivity index (χ3v) is 3.85. The zero-order chi connectivity index (χ0) is 16.5. The second-order valence-electron chi connectivity index (χ2n) is 5.42. The Morgan fingerprint density at radius 2 is 1.87 bits per heavy atom. The molecule has 4 heteroatoms. The van der Waals surface area contributed by atoms with Crippen LogP contribution < -0.4 is 5.32 Å². The molecule has 0 aliphatic rings. The fraction of sp³-hybridized carbons (Fsp3) is 0.368. The van der Waals surface area contributed by atoms with Crippen LogP contribution in [0.4, 0.5) is 5.82 Å². The Morgan fingerprint density at radius 1 is 1.13 bits per heavy atom. The molecule has 0 spiro atoms. The van der Waals surface area contributed by atoms with Crippen molar-refractivity contribution in [2.24, 2.45) is 0 Å². The first-order valence-electron chi connectivity index (χ1n) is 8.27. The average molecular weight is 311 g/mol. The van der Waals surface area contributed by atoms with Crippen molar-refractivity contribution in [2.75, 3.05) is 25.0 Å². The smallest absolute Gasteiger partial charge is 0.254 e. The van der Waals surface area contributed by atoms with Crippen molar-refractivity contribution in [3.63, 3.8) is 0 Å². The lowest BCUT2D eigenvalue weighted by Gasteiger charge is -2.18.